The fraction of sp³-hybridized carbons (Fsp3) is 0.714. The molecule has 5 nitrogen and oxygen atoms in total. The van der Waals surface area contributed by atoms with Crippen LogP contribution in [0.4, 0.5) is 11.8 Å². The van der Waals surface area contributed by atoms with Gasteiger partial charge in [0, 0.05) is 25.8 Å². The maximum atomic E-state index is 10.2. The van der Waals surface area contributed by atoms with Crippen LogP contribution in [0.1, 0.15) is 39.5 Å². The second-order valence-electron chi connectivity index (χ2n) is 5.63. The number of hydrogen-bond acceptors (Lipinski definition) is 5. The van der Waals surface area contributed by atoms with E-state index in [2.05, 4.69) is 43.0 Å². The summed E-state index contributed by atoms with van der Waals surface area (Å²) in [5.41, 5.74) is -0.558. The van der Waals surface area contributed by atoms with Gasteiger partial charge in [-0.25, -0.2) is 4.98 Å². The van der Waals surface area contributed by atoms with Crippen LogP contribution in [-0.2, 0) is 0 Å². The Bertz CT molecular complexity index is 453. The van der Waals surface area contributed by atoms with Gasteiger partial charge >= 0.3 is 0 Å². The smallest absolute Gasteiger partial charge is 0.224 e. The van der Waals surface area contributed by atoms with E-state index in [1.54, 1.807) is 6.20 Å². The highest BCUT2D eigenvalue weighted by molar-refractivity contribution is 9.10. The summed E-state index contributed by atoms with van der Waals surface area (Å²) < 4.78 is 0.904. The topological polar surface area (TPSA) is 61.3 Å². The van der Waals surface area contributed by atoms with Gasteiger partial charge in [0.05, 0.1) is 10.1 Å². The van der Waals surface area contributed by atoms with Crippen molar-refractivity contribution in [2.24, 2.45) is 0 Å². The van der Waals surface area contributed by atoms with Gasteiger partial charge in [-0.15, -0.1) is 0 Å². The molecule has 0 saturated carbocycles. The molecular formula is C14H23BrN4O. The molecular weight excluding hydrogens is 320 g/mol. The Morgan fingerprint density at radius 2 is 2.25 bits per heavy atom. The SMILES string of the molecule is CCCNc1ncc(Br)c(N2CCCC(C)(O)CC2)n1. The number of anilines is 2. The van der Waals surface area contributed by atoms with Gasteiger partial charge in [-0.05, 0) is 48.5 Å². The number of hydrogen-bond donors (Lipinski definition) is 2. The van der Waals surface area contributed by atoms with Gasteiger partial charge in [0.1, 0.15) is 5.82 Å². The molecule has 1 saturated heterocycles. The third-order valence-corrected chi connectivity index (χ3v) is 4.18. The number of halogens is 1. The summed E-state index contributed by atoms with van der Waals surface area (Å²) in [5.74, 6) is 1.58. The van der Waals surface area contributed by atoms with Crippen molar-refractivity contribution >= 4 is 27.7 Å². The van der Waals surface area contributed by atoms with E-state index < -0.39 is 5.60 Å². The zero-order valence-corrected chi connectivity index (χ0v) is 13.8. The van der Waals surface area contributed by atoms with E-state index in [9.17, 15) is 5.11 Å². The van der Waals surface area contributed by atoms with Crippen molar-refractivity contribution in [2.75, 3.05) is 29.9 Å². The van der Waals surface area contributed by atoms with Crippen LogP contribution in [-0.4, -0.2) is 40.3 Å². The molecule has 1 aromatic rings. The first kappa shape index (κ1) is 15.5. The Kier molecular flexibility index (Phi) is 5.21. The predicted octanol–water partition coefficient (Wildman–Crippen LogP) is 2.80. The second kappa shape index (κ2) is 6.72. The molecule has 2 heterocycles. The molecule has 1 aromatic heterocycles. The van der Waals surface area contributed by atoms with Crippen LogP contribution in [0, 0.1) is 0 Å². The molecule has 0 aromatic carbocycles. The van der Waals surface area contributed by atoms with Gasteiger partial charge in [-0.3, -0.25) is 0 Å². The lowest BCUT2D eigenvalue weighted by Crippen LogP contribution is -2.29. The van der Waals surface area contributed by atoms with E-state index in [4.69, 9.17) is 0 Å². The average molecular weight is 343 g/mol. The second-order valence-corrected chi connectivity index (χ2v) is 6.48. The number of nitrogens with zero attached hydrogens (tertiary/aromatic N) is 3. The van der Waals surface area contributed by atoms with Crippen LogP contribution in [0.2, 0.25) is 0 Å². The van der Waals surface area contributed by atoms with Crippen LogP contribution in [0.25, 0.3) is 0 Å². The first-order valence-corrected chi connectivity index (χ1v) is 8.05. The third kappa shape index (κ3) is 4.06. The highest BCUT2D eigenvalue weighted by Gasteiger charge is 2.26. The Balaban J connectivity index is 2.14. The molecule has 2 N–H and O–H groups in total. The van der Waals surface area contributed by atoms with E-state index in [-0.39, 0.29) is 0 Å². The van der Waals surface area contributed by atoms with E-state index in [1.807, 2.05) is 6.92 Å². The van der Waals surface area contributed by atoms with E-state index in [1.165, 1.54) is 0 Å². The van der Waals surface area contributed by atoms with Gasteiger partial charge in [-0.2, -0.15) is 4.98 Å². The van der Waals surface area contributed by atoms with Crippen molar-refractivity contribution < 1.29 is 5.11 Å². The summed E-state index contributed by atoms with van der Waals surface area (Å²) in [7, 11) is 0. The van der Waals surface area contributed by atoms with Crippen LogP contribution in [0.5, 0.6) is 0 Å². The van der Waals surface area contributed by atoms with Crippen LogP contribution in [0.3, 0.4) is 0 Å². The standard InChI is InChI=1S/C14H23BrN4O/c1-3-7-16-13-17-10-11(15)12(18-13)19-8-4-5-14(2,20)6-9-19/h10,20H,3-9H2,1-2H3,(H,16,17,18). The van der Waals surface area contributed by atoms with E-state index in [0.29, 0.717) is 5.95 Å². The van der Waals surface area contributed by atoms with Crippen molar-refractivity contribution in [3.05, 3.63) is 10.7 Å². The molecule has 1 atom stereocenters. The monoisotopic (exact) mass is 342 g/mol. The molecule has 0 radical (unpaired) electrons. The van der Waals surface area contributed by atoms with Crippen LogP contribution < -0.4 is 10.2 Å². The summed E-state index contributed by atoms with van der Waals surface area (Å²) in [6, 6.07) is 0. The molecule has 1 fully saturated rings. The molecule has 0 aliphatic carbocycles. The Morgan fingerprint density at radius 3 is 3.00 bits per heavy atom. The highest BCUT2D eigenvalue weighted by Crippen LogP contribution is 2.29. The van der Waals surface area contributed by atoms with E-state index in [0.717, 1.165) is 55.6 Å². The highest BCUT2D eigenvalue weighted by atomic mass is 79.9. The summed E-state index contributed by atoms with van der Waals surface area (Å²) >= 11 is 3.53. The minimum atomic E-state index is -0.558. The molecule has 2 rings (SSSR count). The fourth-order valence-corrected chi connectivity index (χ4v) is 2.82. The molecule has 1 aliphatic heterocycles. The quantitative estimate of drug-likeness (QED) is 0.880. The number of aromatic nitrogens is 2. The summed E-state index contributed by atoms with van der Waals surface area (Å²) in [6.45, 7) is 6.63. The number of aliphatic hydroxyl groups is 1. The normalized spacial score (nSPS) is 23.5. The molecule has 0 spiro atoms. The summed E-state index contributed by atoms with van der Waals surface area (Å²) in [6.07, 6.45) is 5.42. The van der Waals surface area contributed by atoms with Crippen molar-refractivity contribution in [1.29, 1.82) is 0 Å². The molecule has 20 heavy (non-hydrogen) atoms. The summed E-state index contributed by atoms with van der Waals surface area (Å²) in [4.78, 5) is 11.1. The molecule has 1 unspecified atom stereocenters. The van der Waals surface area contributed by atoms with Gasteiger partial charge < -0.3 is 15.3 Å². The minimum Gasteiger partial charge on any atom is -0.390 e. The molecule has 6 heteroatoms. The van der Waals surface area contributed by atoms with Gasteiger partial charge in [0.25, 0.3) is 0 Å². The first-order chi connectivity index (χ1) is 9.52. The average Bonchev–Trinajstić information content (AvgIpc) is 2.59. The lowest BCUT2D eigenvalue weighted by atomic mass is 9.98. The van der Waals surface area contributed by atoms with Crippen LogP contribution >= 0.6 is 15.9 Å². The third-order valence-electron chi connectivity index (χ3n) is 3.62. The Labute approximate surface area is 128 Å². The fourth-order valence-electron chi connectivity index (χ4n) is 2.38. The number of nitrogens with one attached hydrogen (secondary N) is 1. The van der Waals surface area contributed by atoms with E-state index >= 15 is 0 Å². The largest absolute Gasteiger partial charge is 0.390 e. The summed E-state index contributed by atoms with van der Waals surface area (Å²) in [5, 5.41) is 13.4. The minimum absolute atomic E-state index is 0.558. The number of rotatable bonds is 4. The zero-order valence-electron chi connectivity index (χ0n) is 12.2. The van der Waals surface area contributed by atoms with Crippen molar-refractivity contribution in [1.82, 2.24) is 9.97 Å². The predicted molar refractivity (Wildman–Crippen MR) is 85.2 cm³/mol. The van der Waals surface area contributed by atoms with Gasteiger partial charge in [0.15, 0.2) is 0 Å². The maximum Gasteiger partial charge on any atom is 0.224 e. The van der Waals surface area contributed by atoms with Crippen molar-refractivity contribution in [3.63, 3.8) is 0 Å². The van der Waals surface area contributed by atoms with Crippen LogP contribution in [0.15, 0.2) is 10.7 Å². The Hall–Kier alpha value is -0.880. The van der Waals surface area contributed by atoms with Crippen molar-refractivity contribution in [3.8, 4) is 0 Å². The molecule has 112 valence electrons. The lowest BCUT2D eigenvalue weighted by Gasteiger charge is -2.24. The molecule has 0 bridgehead atoms. The van der Waals surface area contributed by atoms with Gasteiger partial charge in [0.2, 0.25) is 5.95 Å². The first-order valence-electron chi connectivity index (χ1n) is 7.25. The maximum absolute atomic E-state index is 10.2. The van der Waals surface area contributed by atoms with Gasteiger partial charge in [-0.1, -0.05) is 6.92 Å². The zero-order chi connectivity index (χ0) is 14.6. The Morgan fingerprint density at radius 1 is 1.45 bits per heavy atom. The lowest BCUT2D eigenvalue weighted by molar-refractivity contribution is 0.0481. The molecule has 1 aliphatic rings. The molecule has 0 amide bonds. The van der Waals surface area contributed by atoms with Crippen molar-refractivity contribution in [2.45, 2.75) is 45.1 Å².